The number of hydrogen-bond donors (Lipinski definition) is 1. The van der Waals surface area contributed by atoms with Crippen molar-refractivity contribution in [3.05, 3.63) is 23.3 Å². The van der Waals surface area contributed by atoms with Crippen molar-refractivity contribution in [2.24, 2.45) is 5.92 Å². The van der Waals surface area contributed by atoms with Gasteiger partial charge in [0.15, 0.2) is 0 Å². The van der Waals surface area contributed by atoms with E-state index in [4.69, 9.17) is 15.1 Å². The van der Waals surface area contributed by atoms with Gasteiger partial charge < -0.3 is 5.32 Å². The largest absolute Gasteiger partial charge is 0.311 e. The molecule has 0 saturated heterocycles. The summed E-state index contributed by atoms with van der Waals surface area (Å²) in [6.45, 7) is 2.02. The van der Waals surface area contributed by atoms with Crippen LogP contribution in [0.15, 0.2) is 6.20 Å². The summed E-state index contributed by atoms with van der Waals surface area (Å²) in [6, 6.07) is -0.0389. The van der Waals surface area contributed by atoms with Crippen LogP contribution in [0, 0.1) is 12.8 Å². The standard InChI is InChI=1S/C20H29F2N5/c1-13-17(14-6-4-3-5-7-14)25-19-24-16(12-27(19)26-13)18(23-2)15-8-10-20(21,22)11-9-15/h12,14-15,18,23H,3-11H2,1-2H3. The van der Waals surface area contributed by atoms with Gasteiger partial charge in [0.05, 0.1) is 29.3 Å². The van der Waals surface area contributed by atoms with Crippen molar-refractivity contribution in [3.8, 4) is 0 Å². The lowest BCUT2D eigenvalue weighted by Crippen LogP contribution is -2.32. The minimum atomic E-state index is -2.51. The summed E-state index contributed by atoms with van der Waals surface area (Å²) in [6.07, 6.45) is 9.03. The second kappa shape index (κ2) is 7.41. The Morgan fingerprint density at radius 1 is 1.11 bits per heavy atom. The first-order valence-corrected chi connectivity index (χ1v) is 10.3. The molecule has 5 nitrogen and oxygen atoms in total. The van der Waals surface area contributed by atoms with E-state index >= 15 is 0 Å². The summed E-state index contributed by atoms with van der Waals surface area (Å²) < 4.78 is 28.8. The monoisotopic (exact) mass is 377 g/mol. The molecular weight excluding hydrogens is 348 g/mol. The molecule has 0 spiro atoms. The van der Waals surface area contributed by atoms with Crippen molar-refractivity contribution >= 4 is 5.78 Å². The Bertz CT molecular complexity index is 787. The normalized spacial score (nSPS) is 23.0. The molecule has 0 aliphatic heterocycles. The number of imidazole rings is 1. The fraction of sp³-hybridized carbons (Fsp3) is 0.750. The van der Waals surface area contributed by atoms with Gasteiger partial charge in [-0.3, -0.25) is 0 Å². The van der Waals surface area contributed by atoms with E-state index in [1.165, 1.54) is 32.1 Å². The van der Waals surface area contributed by atoms with Crippen LogP contribution in [0.5, 0.6) is 0 Å². The minimum Gasteiger partial charge on any atom is -0.311 e. The van der Waals surface area contributed by atoms with Crippen LogP contribution < -0.4 is 5.32 Å². The van der Waals surface area contributed by atoms with Crippen LogP contribution in [0.4, 0.5) is 8.78 Å². The van der Waals surface area contributed by atoms with Gasteiger partial charge >= 0.3 is 0 Å². The summed E-state index contributed by atoms with van der Waals surface area (Å²) in [5.74, 6) is -1.24. The van der Waals surface area contributed by atoms with Crippen LogP contribution in [0.1, 0.15) is 86.8 Å². The first-order valence-electron chi connectivity index (χ1n) is 10.3. The third-order valence-electron chi connectivity index (χ3n) is 6.39. The molecule has 148 valence electrons. The Balaban J connectivity index is 1.60. The highest BCUT2D eigenvalue weighted by Gasteiger charge is 2.38. The quantitative estimate of drug-likeness (QED) is 0.848. The molecule has 1 atom stereocenters. The predicted molar refractivity (Wildman–Crippen MR) is 100 cm³/mol. The highest BCUT2D eigenvalue weighted by Crippen LogP contribution is 2.41. The molecule has 1 unspecified atom stereocenters. The van der Waals surface area contributed by atoms with Crippen molar-refractivity contribution < 1.29 is 8.78 Å². The molecule has 2 fully saturated rings. The van der Waals surface area contributed by atoms with Crippen LogP contribution in [0.2, 0.25) is 0 Å². The number of nitrogens with zero attached hydrogens (tertiary/aromatic N) is 4. The SMILES string of the molecule is CNC(c1cn2nc(C)c(C3CCCCC3)nc2n1)C1CCC(F)(F)CC1. The maximum Gasteiger partial charge on any atom is 0.251 e. The maximum atomic E-state index is 13.5. The zero-order valence-electron chi connectivity index (χ0n) is 16.2. The number of alkyl halides is 2. The molecule has 2 heterocycles. The fourth-order valence-electron chi connectivity index (χ4n) is 4.86. The van der Waals surface area contributed by atoms with Crippen molar-refractivity contribution in [2.45, 2.75) is 82.6 Å². The molecule has 4 rings (SSSR count). The van der Waals surface area contributed by atoms with Crippen LogP contribution >= 0.6 is 0 Å². The lowest BCUT2D eigenvalue weighted by atomic mass is 9.81. The van der Waals surface area contributed by atoms with Gasteiger partial charge in [-0.2, -0.15) is 5.10 Å². The second-order valence-corrected chi connectivity index (χ2v) is 8.29. The first kappa shape index (κ1) is 18.7. The molecule has 27 heavy (non-hydrogen) atoms. The Kier molecular flexibility index (Phi) is 5.14. The number of rotatable bonds is 4. The fourth-order valence-corrected chi connectivity index (χ4v) is 4.86. The first-order chi connectivity index (χ1) is 13.0. The van der Waals surface area contributed by atoms with E-state index in [2.05, 4.69) is 5.32 Å². The Morgan fingerprint density at radius 3 is 2.48 bits per heavy atom. The van der Waals surface area contributed by atoms with Gasteiger partial charge in [0, 0.05) is 18.8 Å². The number of aryl methyl sites for hydroxylation is 1. The molecular formula is C20H29F2N5. The minimum absolute atomic E-state index is 0.0370. The average Bonchev–Trinajstić information content (AvgIpc) is 3.06. The Labute approximate surface area is 159 Å². The third-order valence-corrected chi connectivity index (χ3v) is 6.39. The summed E-state index contributed by atoms with van der Waals surface area (Å²) >= 11 is 0. The molecule has 2 saturated carbocycles. The second-order valence-electron chi connectivity index (χ2n) is 8.29. The van der Waals surface area contributed by atoms with Crippen molar-refractivity contribution in [1.82, 2.24) is 24.9 Å². The average molecular weight is 377 g/mol. The van der Waals surface area contributed by atoms with Crippen LogP contribution in [-0.4, -0.2) is 32.6 Å². The van der Waals surface area contributed by atoms with Crippen LogP contribution in [0.3, 0.4) is 0 Å². The van der Waals surface area contributed by atoms with E-state index < -0.39 is 5.92 Å². The summed E-state index contributed by atoms with van der Waals surface area (Å²) in [5, 5.41) is 7.99. The molecule has 0 bridgehead atoms. The lowest BCUT2D eigenvalue weighted by molar-refractivity contribution is -0.0496. The summed E-state index contributed by atoms with van der Waals surface area (Å²) in [5.41, 5.74) is 2.90. The topological polar surface area (TPSA) is 55.1 Å². The van der Waals surface area contributed by atoms with Crippen LogP contribution in [0.25, 0.3) is 5.78 Å². The van der Waals surface area contributed by atoms with E-state index in [1.807, 2.05) is 20.2 Å². The summed E-state index contributed by atoms with van der Waals surface area (Å²) in [7, 11) is 1.88. The summed E-state index contributed by atoms with van der Waals surface area (Å²) in [4.78, 5) is 9.58. The zero-order chi connectivity index (χ0) is 19.0. The molecule has 2 aromatic heterocycles. The van der Waals surface area contributed by atoms with E-state index in [9.17, 15) is 8.78 Å². The van der Waals surface area contributed by atoms with Gasteiger partial charge in [-0.1, -0.05) is 19.3 Å². The molecule has 7 heteroatoms. The molecule has 0 aromatic carbocycles. The highest BCUT2D eigenvalue weighted by molar-refractivity contribution is 5.33. The molecule has 2 aromatic rings. The van der Waals surface area contributed by atoms with Gasteiger partial charge in [0.1, 0.15) is 0 Å². The van der Waals surface area contributed by atoms with E-state index in [1.54, 1.807) is 4.52 Å². The van der Waals surface area contributed by atoms with E-state index in [-0.39, 0.29) is 24.8 Å². The van der Waals surface area contributed by atoms with Crippen LogP contribution in [-0.2, 0) is 0 Å². The molecule has 1 N–H and O–H groups in total. The number of aromatic nitrogens is 4. The van der Waals surface area contributed by atoms with Crippen molar-refractivity contribution in [2.75, 3.05) is 7.05 Å². The Hall–Kier alpha value is -1.63. The zero-order valence-corrected chi connectivity index (χ0v) is 16.2. The maximum absolute atomic E-state index is 13.5. The van der Waals surface area contributed by atoms with E-state index in [0.29, 0.717) is 24.5 Å². The van der Waals surface area contributed by atoms with Crippen molar-refractivity contribution in [3.63, 3.8) is 0 Å². The molecule has 2 aliphatic carbocycles. The van der Waals surface area contributed by atoms with Gasteiger partial charge in [-0.25, -0.2) is 23.3 Å². The Morgan fingerprint density at radius 2 is 1.81 bits per heavy atom. The smallest absolute Gasteiger partial charge is 0.251 e. The molecule has 2 aliphatic rings. The van der Waals surface area contributed by atoms with Crippen molar-refractivity contribution in [1.29, 1.82) is 0 Å². The predicted octanol–water partition coefficient (Wildman–Crippen LogP) is 4.57. The molecule has 0 radical (unpaired) electrons. The van der Waals surface area contributed by atoms with E-state index in [0.717, 1.165) is 17.1 Å². The number of hydrogen-bond acceptors (Lipinski definition) is 4. The third kappa shape index (κ3) is 3.84. The number of fused-ring (bicyclic) bond motifs is 1. The van der Waals surface area contributed by atoms with Gasteiger partial charge in [-0.15, -0.1) is 0 Å². The lowest BCUT2D eigenvalue weighted by Gasteiger charge is -2.32. The highest BCUT2D eigenvalue weighted by atomic mass is 19.3. The molecule has 0 amide bonds. The van der Waals surface area contributed by atoms with Gasteiger partial charge in [0.25, 0.3) is 5.78 Å². The van der Waals surface area contributed by atoms with Gasteiger partial charge in [0.2, 0.25) is 5.92 Å². The number of halogens is 2. The van der Waals surface area contributed by atoms with Gasteiger partial charge in [-0.05, 0) is 45.6 Å². The number of nitrogens with one attached hydrogen (secondary N) is 1.